The zero-order valence-electron chi connectivity index (χ0n) is 11.2. The van der Waals surface area contributed by atoms with E-state index in [-0.39, 0.29) is 17.9 Å². The van der Waals surface area contributed by atoms with Crippen LogP contribution in [0.25, 0.3) is 0 Å². The van der Waals surface area contributed by atoms with E-state index in [1.165, 1.54) is 0 Å². The highest BCUT2D eigenvalue weighted by molar-refractivity contribution is 5.75. The van der Waals surface area contributed by atoms with Crippen molar-refractivity contribution in [2.45, 2.75) is 39.7 Å². The average molecular weight is 253 g/mol. The molecular weight excluding hydrogens is 230 g/mol. The maximum Gasteiger partial charge on any atom is 0.221 e. The molecule has 5 nitrogen and oxygen atoms in total. The van der Waals surface area contributed by atoms with Gasteiger partial charge in [0.25, 0.3) is 0 Å². The van der Waals surface area contributed by atoms with Crippen LogP contribution in [-0.2, 0) is 11.3 Å². The number of carbonyl (C=O) groups is 1. The third kappa shape index (κ3) is 4.14. The molecule has 0 aliphatic carbocycles. The van der Waals surface area contributed by atoms with E-state index in [9.17, 15) is 9.90 Å². The standard InChI is InChI=1S/C13H23N3O2/c1-3-13(4-2,10-17)9-15-12(18)5-7-16-8-6-14-11-16/h6,8,11,17H,3-5,7,9-10H2,1-2H3,(H,15,18). The van der Waals surface area contributed by atoms with Crippen molar-refractivity contribution in [1.82, 2.24) is 14.9 Å². The van der Waals surface area contributed by atoms with Gasteiger partial charge < -0.3 is 15.0 Å². The third-order valence-electron chi connectivity index (χ3n) is 3.65. The zero-order chi connectivity index (χ0) is 13.4. The molecule has 2 N–H and O–H groups in total. The fourth-order valence-corrected chi connectivity index (χ4v) is 1.80. The number of nitrogens with one attached hydrogen (secondary N) is 1. The summed E-state index contributed by atoms with van der Waals surface area (Å²) in [6.45, 7) is 5.37. The summed E-state index contributed by atoms with van der Waals surface area (Å²) in [5, 5.41) is 12.3. The normalized spacial score (nSPS) is 11.5. The number of aryl methyl sites for hydroxylation is 1. The lowest BCUT2D eigenvalue weighted by Crippen LogP contribution is -2.39. The van der Waals surface area contributed by atoms with Crippen molar-refractivity contribution >= 4 is 5.91 Å². The maximum atomic E-state index is 11.7. The number of imidazole rings is 1. The first kappa shape index (κ1) is 14.7. The molecule has 0 saturated carbocycles. The monoisotopic (exact) mass is 253 g/mol. The van der Waals surface area contributed by atoms with Crippen molar-refractivity contribution in [3.63, 3.8) is 0 Å². The molecule has 1 amide bonds. The van der Waals surface area contributed by atoms with E-state index < -0.39 is 0 Å². The van der Waals surface area contributed by atoms with Crippen molar-refractivity contribution in [3.8, 4) is 0 Å². The van der Waals surface area contributed by atoms with Gasteiger partial charge in [0.1, 0.15) is 0 Å². The summed E-state index contributed by atoms with van der Waals surface area (Å²) >= 11 is 0. The Morgan fingerprint density at radius 3 is 2.67 bits per heavy atom. The van der Waals surface area contributed by atoms with Crippen LogP contribution in [0.1, 0.15) is 33.1 Å². The quantitative estimate of drug-likeness (QED) is 0.731. The minimum absolute atomic E-state index is 0.0171. The number of aromatic nitrogens is 2. The van der Waals surface area contributed by atoms with Gasteiger partial charge in [-0.3, -0.25) is 4.79 Å². The molecule has 0 aliphatic rings. The number of hydrogen-bond donors (Lipinski definition) is 2. The van der Waals surface area contributed by atoms with Gasteiger partial charge in [-0.05, 0) is 12.8 Å². The van der Waals surface area contributed by atoms with E-state index in [2.05, 4.69) is 10.3 Å². The lowest BCUT2D eigenvalue weighted by molar-refractivity contribution is -0.122. The van der Waals surface area contributed by atoms with Gasteiger partial charge in [0.15, 0.2) is 0 Å². The van der Waals surface area contributed by atoms with Crippen LogP contribution in [-0.4, -0.2) is 33.7 Å². The Kier molecular flexibility index (Phi) is 5.85. The predicted molar refractivity (Wildman–Crippen MR) is 70.0 cm³/mol. The Morgan fingerprint density at radius 1 is 1.44 bits per heavy atom. The lowest BCUT2D eigenvalue weighted by Gasteiger charge is -2.29. The zero-order valence-corrected chi connectivity index (χ0v) is 11.2. The lowest BCUT2D eigenvalue weighted by atomic mass is 9.83. The molecular formula is C13H23N3O2. The molecule has 0 aliphatic heterocycles. The van der Waals surface area contributed by atoms with Gasteiger partial charge in [-0.25, -0.2) is 4.98 Å². The number of aliphatic hydroxyl groups excluding tert-OH is 1. The molecule has 18 heavy (non-hydrogen) atoms. The fourth-order valence-electron chi connectivity index (χ4n) is 1.80. The van der Waals surface area contributed by atoms with Crippen LogP contribution in [0.4, 0.5) is 0 Å². The highest BCUT2D eigenvalue weighted by atomic mass is 16.3. The molecule has 0 unspecified atom stereocenters. The second-order valence-corrected chi connectivity index (χ2v) is 4.69. The molecule has 0 aromatic carbocycles. The van der Waals surface area contributed by atoms with Crippen molar-refractivity contribution in [1.29, 1.82) is 0 Å². The van der Waals surface area contributed by atoms with Crippen LogP contribution in [0.2, 0.25) is 0 Å². The van der Waals surface area contributed by atoms with E-state index in [1.54, 1.807) is 12.5 Å². The van der Waals surface area contributed by atoms with Crippen LogP contribution in [0.15, 0.2) is 18.7 Å². The minimum atomic E-state index is -0.176. The second kappa shape index (κ2) is 7.16. The van der Waals surface area contributed by atoms with Crippen LogP contribution in [0.5, 0.6) is 0 Å². The average Bonchev–Trinajstić information content (AvgIpc) is 2.92. The Hall–Kier alpha value is -1.36. The van der Waals surface area contributed by atoms with Crippen LogP contribution < -0.4 is 5.32 Å². The van der Waals surface area contributed by atoms with Crippen LogP contribution in [0, 0.1) is 5.41 Å². The van der Waals surface area contributed by atoms with E-state index >= 15 is 0 Å². The first-order valence-corrected chi connectivity index (χ1v) is 6.49. The van der Waals surface area contributed by atoms with Crippen molar-refractivity contribution in [2.24, 2.45) is 5.41 Å². The number of nitrogens with zero attached hydrogens (tertiary/aromatic N) is 2. The molecule has 1 heterocycles. The summed E-state index contributed by atoms with van der Waals surface area (Å²) < 4.78 is 1.87. The third-order valence-corrected chi connectivity index (χ3v) is 3.65. The van der Waals surface area contributed by atoms with Crippen molar-refractivity contribution in [2.75, 3.05) is 13.2 Å². The molecule has 0 atom stereocenters. The highest BCUT2D eigenvalue weighted by Gasteiger charge is 2.25. The molecule has 0 spiro atoms. The summed E-state index contributed by atoms with van der Waals surface area (Å²) in [7, 11) is 0. The van der Waals surface area contributed by atoms with Gasteiger partial charge >= 0.3 is 0 Å². The van der Waals surface area contributed by atoms with E-state index in [1.807, 2.05) is 24.6 Å². The predicted octanol–water partition coefficient (Wildman–Crippen LogP) is 1.19. The topological polar surface area (TPSA) is 67.2 Å². The van der Waals surface area contributed by atoms with E-state index in [4.69, 9.17) is 0 Å². The molecule has 1 rings (SSSR count). The number of rotatable bonds is 8. The molecule has 0 radical (unpaired) electrons. The Bertz CT molecular complexity index is 337. The summed E-state index contributed by atoms with van der Waals surface area (Å²) in [5.41, 5.74) is -0.176. The second-order valence-electron chi connectivity index (χ2n) is 4.69. The van der Waals surface area contributed by atoms with Gasteiger partial charge in [-0.15, -0.1) is 0 Å². The van der Waals surface area contributed by atoms with Gasteiger partial charge in [0, 0.05) is 37.3 Å². The summed E-state index contributed by atoms with van der Waals surface area (Å²) in [5.74, 6) is 0.0171. The SMILES string of the molecule is CCC(CC)(CO)CNC(=O)CCn1ccnc1. The Morgan fingerprint density at radius 2 is 2.17 bits per heavy atom. The smallest absolute Gasteiger partial charge is 0.221 e. The molecule has 0 saturated heterocycles. The first-order chi connectivity index (χ1) is 8.65. The van der Waals surface area contributed by atoms with Crippen molar-refractivity contribution < 1.29 is 9.90 Å². The van der Waals surface area contributed by atoms with Crippen LogP contribution >= 0.6 is 0 Å². The first-order valence-electron chi connectivity index (χ1n) is 6.49. The Labute approximate surface area is 108 Å². The van der Waals surface area contributed by atoms with Gasteiger partial charge in [0.05, 0.1) is 12.9 Å². The van der Waals surface area contributed by atoms with Crippen LogP contribution in [0.3, 0.4) is 0 Å². The molecule has 1 aromatic heterocycles. The van der Waals surface area contributed by atoms with Gasteiger partial charge in [0.2, 0.25) is 5.91 Å². The maximum absolute atomic E-state index is 11.7. The largest absolute Gasteiger partial charge is 0.396 e. The highest BCUT2D eigenvalue weighted by Crippen LogP contribution is 2.24. The number of hydrogen-bond acceptors (Lipinski definition) is 3. The molecule has 5 heteroatoms. The fraction of sp³-hybridized carbons (Fsp3) is 0.692. The summed E-state index contributed by atoms with van der Waals surface area (Å²) in [6.07, 6.45) is 7.39. The summed E-state index contributed by atoms with van der Waals surface area (Å²) in [4.78, 5) is 15.6. The molecule has 0 bridgehead atoms. The number of aliphatic hydroxyl groups is 1. The van der Waals surface area contributed by atoms with Gasteiger partial charge in [-0.2, -0.15) is 0 Å². The molecule has 0 fully saturated rings. The van der Waals surface area contributed by atoms with E-state index in [0.29, 0.717) is 19.5 Å². The molecule has 102 valence electrons. The van der Waals surface area contributed by atoms with E-state index in [0.717, 1.165) is 12.8 Å². The number of carbonyl (C=O) groups excluding carboxylic acids is 1. The van der Waals surface area contributed by atoms with Gasteiger partial charge in [-0.1, -0.05) is 13.8 Å². The number of amides is 1. The Balaban J connectivity index is 2.32. The summed E-state index contributed by atoms with van der Waals surface area (Å²) in [6, 6.07) is 0. The molecule has 1 aromatic rings. The minimum Gasteiger partial charge on any atom is -0.396 e. The van der Waals surface area contributed by atoms with Crippen molar-refractivity contribution in [3.05, 3.63) is 18.7 Å².